The maximum Gasteiger partial charge on any atom is 0.407 e. The van der Waals surface area contributed by atoms with Crippen LogP contribution in [0.15, 0.2) is 60.9 Å². The van der Waals surface area contributed by atoms with E-state index in [-0.39, 0.29) is 17.9 Å². The van der Waals surface area contributed by atoms with E-state index in [2.05, 4.69) is 20.6 Å². The molecule has 1 saturated carbocycles. The van der Waals surface area contributed by atoms with E-state index >= 15 is 0 Å². The summed E-state index contributed by atoms with van der Waals surface area (Å²) in [6.45, 7) is 2.91. The van der Waals surface area contributed by atoms with Gasteiger partial charge in [-0.1, -0.05) is 43.5 Å². The molecule has 4 aromatic rings. The van der Waals surface area contributed by atoms with Gasteiger partial charge in [0.05, 0.1) is 11.3 Å². The van der Waals surface area contributed by atoms with Crippen LogP contribution in [0.5, 0.6) is 11.6 Å². The highest BCUT2D eigenvalue weighted by molar-refractivity contribution is 6.05. The van der Waals surface area contributed by atoms with Crippen LogP contribution < -0.4 is 15.4 Å². The lowest BCUT2D eigenvalue weighted by Gasteiger charge is -2.31. The highest BCUT2D eigenvalue weighted by Crippen LogP contribution is 2.39. The molecule has 10 nitrogen and oxygen atoms in total. The highest BCUT2D eigenvalue weighted by atomic mass is 16.5. The van der Waals surface area contributed by atoms with Crippen LogP contribution in [-0.4, -0.2) is 56.1 Å². The number of nitrogens with zero attached hydrogens (tertiary/aromatic N) is 4. The Hall–Kier alpha value is -4.73. The molecule has 1 unspecified atom stereocenters. The second kappa shape index (κ2) is 12.6. The number of aromatic nitrogens is 3. The summed E-state index contributed by atoms with van der Waals surface area (Å²) in [6, 6.07) is 15.3. The van der Waals surface area contributed by atoms with Gasteiger partial charge in [-0.15, -0.1) is 0 Å². The molecule has 6 rings (SSSR count). The van der Waals surface area contributed by atoms with E-state index in [9.17, 15) is 14.7 Å². The molecule has 2 aromatic carbocycles. The molecule has 0 radical (unpaired) electrons. The number of amides is 2. The molecule has 43 heavy (non-hydrogen) atoms. The molecule has 0 bridgehead atoms. The van der Waals surface area contributed by atoms with Crippen LogP contribution in [0.25, 0.3) is 22.0 Å². The van der Waals surface area contributed by atoms with E-state index in [0.717, 1.165) is 60.5 Å². The van der Waals surface area contributed by atoms with Gasteiger partial charge < -0.3 is 25.4 Å². The van der Waals surface area contributed by atoms with E-state index in [4.69, 9.17) is 9.72 Å². The van der Waals surface area contributed by atoms with Gasteiger partial charge in [-0.05, 0) is 62.4 Å². The van der Waals surface area contributed by atoms with Crippen molar-refractivity contribution in [3.63, 3.8) is 0 Å². The van der Waals surface area contributed by atoms with E-state index in [0.29, 0.717) is 41.9 Å². The Morgan fingerprint density at radius 2 is 1.79 bits per heavy atom. The smallest absolute Gasteiger partial charge is 0.407 e. The van der Waals surface area contributed by atoms with Crippen molar-refractivity contribution in [1.82, 2.24) is 19.9 Å². The summed E-state index contributed by atoms with van der Waals surface area (Å²) < 4.78 is 6.54. The van der Waals surface area contributed by atoms with Crippen LogP contribution in [0.2, 0.25) is 0 Å². The second-order valence-electron chi connectivity index (χ2n) is 11.4. The summed E-state index contributed by atoms with van der Waals surface area (Å²) in [5.41, 5.74) is 3.03. The first-order chi connectivity index (χ1) is 21.0. The first kappa shape index (κ1) is 28.4. The third kappa shape index (κ3) is 6.38. The number of hydrogen-bond donors (Lipinski definition) is 3. The number of nitrogens with one attached hydrogen (secondary N) is 2. The maximum atomic E-state index is 13.1. The zero-order valence-corrected chi connectivity index (χ0v) is 24.3. The van der Waals surface area contributed by atoms with Crippen molar-refractivity contribution < 1.29 is 19.4 Å². The Balaban J connectivity index is 1.27. The van der Waals surface area contributed by atoms with Crippen LogP contribution in [-0.2, 0) is 4.79 Å². The number of benzene rings is 2. The van der Waals surface area contributed by atoms with Gasteiger partial charge in [0.25, 0.3) is 0 Å². The number of pyridine rings is 1. The topological polar surface area (TPSA) is 130 Å². The first-order valence-corrected chi connectivity index (χ1v) is 15.0. The number of hydrogen-bond acceptors (Lipinski definition) is 7. The summed E-state index contributed by atoms with van der Waals surface area (Å²) >= 11 is 0. The Morgan fingerprint density at radius 1 is 0.930 bits per heavy atom. The number of carbonyl (C=O) groups is 2. The van der Waals surface area contributed by atoms with Crippen LogP contribution in [0.4, 0.5) is 16.4 Å². The fourth-order valence-corrected chi connectivity index (χ4v) is 6.08. The van der Waals surface area contributed by atoms with Gasteiger partial charge in [0.2, 0.25) is 17.7 Å². The SMILES string of the molecule is Cc1ccc2c(NC(=O)C3CCCCC3)cccc2c1Oc1ncccc1-c1ccnc(NC2CCCN(C(=O)O)C2)n1. The van der Waals surface area contributed by atoms with Gasteiger partial charge >= 0.3 is 6.09 Å². The molecule has 3 heterocycles. The number of anilines is 2. The van der Waals surface area contributed by atoms with E-state index in [1.54, 1.807) is 18.5 Å². The van der Waals surface area contributed by atoms with Crippen molar-refractivity contribution in [3.05, 3.63) is 66.5 Å². The number of ether oxygens (including phenoxy) is 1. The van der Waals surface area contributed by atoms with Gasteiger partial charge in [-0.25, -0.2) is 19.7 Å². The average Bonchev–Trinajstić information content (AvgIpc) is 3.03. The summed E-state index contributed by atoms with van der Waals surface area (Å²) in [5.74, 6) is 1.62. The van der Waals surface area contributed by atoms with Gasteiger partial charge in [0.1, 0.15) is 5.75 Å². The Morgan fingerprint density at radius 3 is 2.63 bits per heavy atom. The minimum absolute atomic E-state index is 0.0581. The number of piperidine rings is 1. The van der Waals surface area contributed by atoms with Crippen LogP contribution in [0.1, 0.15) is 50.5 Å². The molecule has 1 atom stereocenters. The van der Waals surface area contributed by atoms with Crippen molar-refractivity contribution in [2.75, 3.05) is 23.7 Å². The van der Waals surface area contributed by atoms with Gasteiger partial charge in [0.15, 0.2) is 0 Å². The number of rotatable bonds is 7. The largest absolute Gasteiger partial charge is 0.465 e. The average molecular weight is 581 g/mol. The van der Waals surface area contributed by atoms with E-state index in [1.807, 2.05) is 49.4 Å². The predicted octanol–water partition coefficient (Wildman–Crippen LogP) is 6.87. The number of aryl methyl sites for hydroxylation is 1. The molecule has 222 valence electrons. The molecule has 2 amide bonds. The van der Waals surface area contributed by atoms with Crippen molar-refractivity contribution >= 4 is 34.4 Å². The zero-order valence-electron chi connectivity index (χ0n) is 24.3. The highest BCUT2D eigenvalue weighted by Gasteiger charge is 2.25. The van der Waals surface area contributed by atoms with E-state index in [1.165, 1.54) is 11.3 Å². The van der Waals surface area contributed by atoms with Crippen LogP contribution >= 0.6 is 0 Å². The molecule has 2 aromatic heterocycles. The molecule has 1 aliphatic heterocycles. The van der Waals surface area contributed by atoms with Crippen molar-refractivity contribution in [3.8, 4) is 22.9 Å². The fourth-order valence-electron chi connectivity index (χ4n) is 6.08. The van der Waals surface area contributed by atoms with Gasteiger partial charge in [0, 0.05) is 53.9 Å². The summed E-state index contributed by atoms with van der Waals surface area (Å²) in [6.07, 6.45) is 9.33. The number of fused-ring (bicyclic) bond motifs is 1. The molecular weight excluding hydrogens is 544 g/mol. The second-order valence-corrected chi connectivity index (χ2v) is 11.4. The van der Waals surface area contributed by atoms with Crippen LogP contribution in [0, 0.1) is 12.8 Å². The predicted molar refractivity (Wildman–Crippen MR) is 165 cm³/mol. The monoisotopic (exact) mass is 580 g/mol. The molecular formula is C33H36N6O4. The Labute approximate surface area is 250 Å². The lowest BCUT2D eigenvalue weighted by molar-refractivity contribution is -0.120. The summed E-state index contributed by atoms with van der Waals surface area (Å²) in [5, 5.41) is 17.7. The van der Waals surface area contributed by atoms with Crippen molar-refractivity contribution in [2.24, 2.45) is 5.92 Å². The van der Waals surface area contributed by atoms with Gasteiger partial charge in [-0.2, -0.15) is 0 Å². The molecule has 2 fully saturated rings. The third-order valence-electron chi connectivity index (χ3n) is 8.37. The Kier molecular flexibility index (Phi) is 8.35. The van der Waals surface area contributed by atoms with E-state index < -0.39 is 6.09 Å². The van der Waals surface area contributed by atoms with Gasteiger partial charge in [-0.3, -0.25) is 4.79 Å². The van der Waals surface area contributed by atoms with Crippen molar-refractivity contribution in [2.45, 2.75) is 57.9 Å². The standard InChI is InChI=1S/C33H36N6O4/c1-21-14-15-24-25(11-5-13-27(24)37-30(40)22-8-3-2-4-9-22)29(21)43-31-26(12-6-17-34-31)28-16-18-35-32(38-28)36-23-10-7-19-39(20-23)33(41)42/h5-6,11-18,22-23H,2-4,7-10,19-20H2,1H3,(H,37,40)(H,41,42)(H,35,36,38). The fraction of sp³-hybridized carbons (Fsp3) is 0.364. The molecule has 1 saturated heterocycles. The normalized spacial score (nSPS) is 17.4. The van der Waals surface area contributed by atoms with Crippen LogP contribution in [0.3, 0.4) is 0 Å². The minimum Gasteiger partial charge on any atom is -0.465 e. The molecule has 2 aliphatic rings. The lowest BCUT2D eigenvalue weighted by atomic mass is 9.88. The molecule has 0 spiro atoms. The summed E-state index contributed by atoms with van der Waals surface area (Å²) in [4.78, 5) is 39.6. The maximum absolute atomic E-state index is 13.1. The minimum atomic E-state index is -0.916. The molecule has 1 aliphatic carbocycles. The van der Waals surface area contributed by atoms with Crippen molar-refractivity contribution in [1.29, 1.82) is 0 Å². The molecule has 10 heteroatoms. The first-order valence-electron chi connectivity index (χ1n) is 15.0. The quantitative estimate of drug-likeness (QED) is 0.216. The zero-order chi connectivity index (χ0) is 29.8. The lowest BCUT2D eigenvalue weighted by Crippen LogP contribution is -2.44. The molecule has 3 N–H and O–H groups in total. The summed E-state index contributed by atoms with van der Waals surface area (Å²) in [7, 11) is 0. The Bertz CT molecular complexity index is 1640. The third-order valence-corrected chi connectivity index (χ3v) is 8.37. The number of carboxylic acid groups (broad SMARTS) is 1. The number of likely N-dealkylation sites (tertiary alicyclic amines) is 1. The number of carbonyl (C=O) groups excluding carboxylic acids is 1.